The molecule has 1 aromatic heterocycles. The highest BCUT2D eigenvalue weighted by atomic mass is 16.2. The minimum atomic E-state index is -0.847. The number of nitrogens with one attached hydrogen (secondary N) is 2. The molecular weight excluding hydrogens is 262 g/mol. The monoisotopic (exact) mass is 277 g/mol. The van der Waals surface area contributed by atoms with Gasteiger partial charge in [-0.1, -0.05) is 0 Å². The van der Waals surface area contributed by atoms with Crippen LogP contribution in [0.2, 0.25) is 0 Å². The molecule has 106 valence electrons. The second-order valence-electron chi connectivity index (χ2n) is 5.12. The van der Waals surface area contributed by atoms with Crippen LogP contribution >= 0.6 is 0 Å². The Labute approximate surface area is 115 Å². The first-order chi connectivity index (χ1) is 9.52. The summed E-state index contributed by atoms with van der Waals surface area (Å²) in [5.41, 5.74) is -0.332. The average Bonchev–Trinajstić information content (AvgIpc) is 2.95. The van der Waals surface area contributed by atoms with Gasteiger partial charge in [0.15, 0.2) is 0 Å². The lowest BCUT2D eigenvalue weighted by molar-refractivity contribution is -0.125. The predicted molar refractivity (Wildman–Crippen MR) is 67.8 cm³/mol. The van der Waals surface area contributed by atoms with Crippen molar-refractivity contribution in [3.8, 4) is 0 Å². The maximum absolute atomic E-state index is 12.3. The Morgan fingerprint density at radius 2 is 2.05 bits per heavy atom. The van der Waals surface area contributed by atoms with Crippen molar-refractivity contribution < 1.29 is 14.4 Å². The van der Waals surface area contributed by atoms with Gasteiger partial charge in [0.25, 0.3) is 11.8 Å². The SMILES string of the molecule is Cn1nccc1C(=O)N1CCC2(CC1)NC(=O)NC2=O. The van der Waals surface area contributed by atoms with Gasteiger partial charge in [-0.3, -0.25) is 19.6 Å². The number of aryl methyl sites for hydroxylation is 1. The Morgan fingerprint density at radius 1 is 1.35 bits per heavy atom. The van der Waals surface area contributed by atoms with E-state index in [1.165, 1.54) is 4.68 Å². The molecule has 3 heterocycles. The first-order valence-electron chi connectivity index (χ1n) is 6.43. The quantitative estimate of drug-likeness (QED) is 0.659. The van der Waals surface area contributed by atoms with Gasteiger partial charge in [0, 0.05) is 26.3 Å². The molecule has 2 aliphatic heterocycles. The standard InChI is InChI=1S/C12H15N5O3/c1-16-8(2-5-13-16)9(18)17-6-3-12(4-7-17)10(19)14-11(20)15-12/h2,5H,3-4,6-7H2,1H3,(H2,14,15,19,20). The van der Waals surface area contributed by atoms with Crippen molar-refractivity contribution in [2.24, 2.45) is 7.05 Å². The van der Waals surface area contributed by atoms with Gasteiger partial charge >= 0.3 is 6.03 Å². The van der Waals surface area contributed by atoms with Crippen LogP contribution in [0.3, 0.4) is 0 Å². The van der Waals surface area contributed by atoms with Gasteiger partial charge in [-0.05, 0) is 18.9 Å². The number of amides is 4. The second kappa shape index (κ2) is 4.32. The molecule has 4 amide bonds. The fourth-order valence-corrected chi connectivity index (χ4v) is 2.72. The van der Waals surface area contributed by atoms with Crippen LogP contribution < -0.4 is 10.6 Å². The van der Waals surface area contributed by atoms with Crippen LogP contribution in [0.4, 0.5) is 4.79 Å². The smallest absolute Gasteiger partial charge is 0.322 e. The summed E-state index contributed by atoms with van der Waals surface area (Å²) in [6.45, 7) is 0.857. The largest absolute Gasteiger partial charge is 0.337 e. The van der Waals surface area contributed by atoms with Gasteiger partial charge in [0.05, 0.1) is 0 Å². The van der Waals surface area contributed by atoms with Gasteiger partial charge in [-0.15, -0.1) is 0 Å². The van der Waals surface area contributed by atoms with E-state index in [9.17, 15) is 14.4 Å². The van der Waals surface area contributed by atoms with Crippen LogP contribution in [0.5, 0.6) is 0 Å². The minimum Gasteiger partial charge on any atom is -0.337 e. The zero-order valence-electron chi connectivity index (χ0n) is 11.0. The molecule has 8 nitrogen and oxygen atoms in total. The van der Waals surface area contributed by atoms with Crippen molar-refractivity contribution in [3.63, 3.8) is 0 Å². The fourth-order valence-electron chi connectivity index (χ4n) is 2.72. The maximum atomic E-state index is 12.3. The number of carbonyl (C=O) groups is 3. The van der Waals surface area contributed by atoms with Crippen LogP contribution in [0.15, 0.2) is 12.3 Å². The second-order valence-corrected chi connectivity index (χ2v) is 5.12. The third kappa shape index (κ3) is 1.84. The van der Waals surface area contributed by atoms with E-state index in [-0.39, 0.29) is 11.8 Å². The normalized spacial score (nSPS) is 20.9. The van der Waals surface area contributed by atoms with Gasteiger partial charge < -0.3 is 10.2 Å². The molecule has 2 aliphatic rings. The van der Waals surface area contributed by atoms with Gasteiger partial charge in [-0.2, -0.15) is 5.10 Å². The predicted octanol–water partition coefficient (Wildman–Crippen LogP) is -0.766. The molecule has 0 unspecified atom stereocenters. The summed E-state index contributed by atoms with van der Waals surface area (Å²) in [6, 6.07) is 1.21. The Kier molecular flexibility index (Phi) is 2.73. The molecule has 2 fully saturated rings. The van der Waals surface area contributed by atoms with Crippen LogP contribution in [0.25, 0.3) is 0 Å². The average molecular weight is 277 g/mol. The van der Waals surface area contributed by atoms with E-state index in [0.717, 1.165) is 0 Å². The Hall–Kier alpha value is -2.38. The molecule has 0 saturated carbocycles. The summed E-state index contributed by atoms with van der Waals surface area (Å²) < 4.78 is 1.52. The summed E-state index contributed by atoms with van der Waals surface area (Å²) in [6.07, 6.45) is 2.42. The van der Waals surface area contributed by atoms with Gasteiger partial charge in [-0.25, -0.2) is 4.79 Å². The zero-order valence-corrected chi connectivity index (χ0v) is 11.0. The number of carbonyl (C=O) groups excluding carboxylic acids is 3. The van der Waals surface area contributed by atoms with Crippen LogP contribution in [0, 0.1) is 0 Å². The Morgan fingerprint density at radius 3 is 2.55 bits per heavy atom. The van der Waals surface area contributed by atoms with Gasteiger partial charge in [0.2, 0.25) is 0 Å². The lowest BCUT2D eigenvalue weighted by Gasteiger charge is -2.36. The molecule has 0 aromatic carbocycles. The number of rotatable bonds is 1. The molecule has 2 saturated heterocycles. The summed E-state index contributed by atoms with van der Waals surface area (Å²) in [4.78, 5) is 37.0. The summed E-state index contributed by atoms with van der Waals surface area (Å²) in [7, 11) is 1.71. The van der Waals surface area contributed by atoms with Crippen LogP contribution in [-0.2, 0) is 11.8 Å². The number of nitrogens with zero attached hydrogens (tertiary/aromatic N) is 3. The summed E-state index contributed by atoms with van der Waals surface area (Å²) in [5.74, 6) is -0.403. The Bertz CT molecular complexity index is 586. The minimum absolute atomic E-state index is 0.107. The summed E-state index contributed by atoms with van der Waals surface area (Å²) >= 11 is 0. The molecule has 8 heteroatoms. The van der Waals surface area contributed by atoms with Crippen molar-refractivity contribution in [2.75, 3.05) is 13.1 Å². The van der Waals surface area contributed by atoms with Crippen molar-refractivity contribution >= 4 is 17.8 Å². The molecule has 1 spiro atoms. The van der Waals surface area contributed by atoms with E-state index in [1.54, 1.807) is 24.2 Å². The number of urea groups is 1. The highest BCUT2D eigenvalue weighted by Gasteiger charge is 2.48. The molecule has 3 rings (SSSR count). The van der Waals surface area contributed by atoms with E-state index in [2.05, 4.69) is 15.7 Å². The molecule has 1 aromatic rings. The number of hydrogen-bond donors (Lipinski definition) is 2. The van der Waals surface area contributed by atoms with Gasteiger partial charge in [0.1, 0.15) is 11.2 Å². The number of likely N-dealkylation sites (tertiary alicyclic amines) is 1. The fraction of sp³-hybridized carbons (Fsp3) is 0.500. The molecule has 0 bridgehead atoms. The highest BCUT2D eigenvalue weighted by Crippen LogP contribution is 2.26. The highest BCUT2D eigenvalue weighted by molar-refractivity contribution is 6.07. The van der Waals surface area contributed by atoms with Crippen LogP contribution in [0.1, 0.15) is 23.3 Å². The van der Waals surface area contributed by atoms with Crippen LogP contribution in [-0.4, -0.2) is 51.2 Å². The lowest BCUT2D eigenvalue weighted by Crippen LogP contribution is -2.55. The number of imide groups is 1. The molecule has 2 N–H and O–H groups in total. The number of aromatic nitrogens is 2. The van der Waals surface area contributed by atoms with E-state index < -0.39 is 11.6 Å². The first kappa shape index (κ1) is 12.6. The molecule has 0 aliphatic carbocycles. The molecule has 20 heavy (non-hydrogen) atoms. The molecule has 0 radical (unpaired) electrons. The first-order valence-corrected chi connectivity index (χ1v) is 6.43. The van der Waals surface area contributed by atoms with E-state index >= 15 is 0 Å². The zero-order chi connectivity index (χ0) is 14.3. The maximum Gasteiger partial charge on any atom is 0.322 e. The lowest BCUT2D eigenvalue weighted by atomic mass is 9.87. The Balaban J connectivity index is 1.70. The summed E-state index contributed by atoms with van der Waals surface area (Å²) in [5, 5.41) is 8.89. The van der Waals surface area contributed by atoms with Crippen molar-refractivity contribution in [2.45, 2.75) is 18.4 Å². The molecule has 0 atom stereocenters. The van der Waals surface area contributed by atoms with Crippen molar-refractivity contribution in [1.82, 2.24) is 25.3 Å². The topological polar surface area (TPSA) is 96.3 Å². The van der Waals surface area contributed by atoms with Crippen molar-refractivity contribution in [3.05, 3.63) is 18.0 Å². The number of piperidine rings is 1. The molecular formula is C12H15N5O3. The van der Waals surface area contributed by atoms with E-state index in [4.69, 9.17) is 0 Å². The van der Waals surface area contributed by atoms with E-state index in [0.29, 0.717) is 31.6 Å². The number of hydrogen-bond acceptors (Lipinski definition) is 4. The third-order valence-electron chi connectivity index (χ3n) is 3.96. The van der Waals surface area contributed by atoms with Crippen molar-refractivity contribution in [1.29, 1.82) is 0 Å². The van der Waals surface area contributed by atoms with E-state index in [1.807, 2.05) is 0 Å². The third-order valence-corrected chi connectivity index (χ3v) is 3.96.